The van der Waals surface area contributed by atoms with E-state index in [0.717, 1.165) is 12.8 Å². The number of hydrogen-bond acceptors (Lipinski definition) is 4. The van der Waals surface area contributed by atoms with Crippen molar-refractivity contribution >= 4 is 23.5 Å². The van der Waals surface area contributed by atoms with Gasteiger partial charge in [0.25, 0.3) is 0 Å². The van der Waals surface area contributed by atoms with Crippen molar-refractivity contribution in [3.8, 4) is 0 Å². The molecule has 4 rings (SSSR count). The minimum absolute atomic E-state index is 0.122. The van der Waals surface area contributed by atoms with Crippen LogP contribution in [0.4, 0.5) is 5.69 Å². The standard InChI is InChI=1S/C20H21NO4/c1-10(2)15-13-7-8-14(15)17-16(13)18(22)21(19(17)23)12-6-4-5-11(9-12)20(24)25-3/h4-6,9,13-14,16-17H,7-8H2,1-3H3. The summed E-state index contributed by atoms with van der Waals surface area (Å²) in [5.74, 6) is -0.801. The Hall–Kier alpha value is -2.43. The highest BCUT2D eigenvalue weighted by atomic mass is 16.5. The first-order valence-corrected chi connectivity index (χ1v) is 8.69. The summed E-state index contributed by atoms with van der Waals surface area (Å²) in [5.41, 5.74) is 3.39. The van der Waals surface area contributed by atoms with E-state index in [4.69, 9.17) is 4.74 Å². The zero-order chi connectivity index (χ0) is 17.9. The number of carbonyl (C=O) groups excluding carboxylic acids is 3. The van der Waals surface area contributed by atoms with Gasteiger partial charge in [0, 0.05) is 0 Å². The third-order valence-corrected chi connectivity index (χ3v) is 5.96. The van der Waals surface area contributed by atoms with Crippen LogP contribution in [0.15, 0.2) is 35.4 Å². The molecule has 2 amide bonds. The summed E-state index contributed by atoms with van der Waals surface area (Å²) in [7, 11) is 1.31. The number of fused-ring (bicyclic) bond motifs is 5. The van der Waals surface area contributed by atoms with Gasteiger partial charge in [-0.25, -0.2) is 9.69 Å². The van der Waals surface area contributed by atoms with Gasteiger partial charge in [-0.3, -0.25) is 9.59 Å². The second-order valence-electron chi connectivity index (χ2n) is 7.35. The van der Waals surface area contributed by atoms with Gasteiger partial charge in [0.15, 0.2) is 0 Å². The molecule has 130 valence electrons. The van der Waals surface area contributed by atoms with Crippen LogP contribution in [0.25, 0.3) is 0 Å². The van der Waals surface area contributed by atoms with Gasteiger partial charge in [-0.2, -0.15) is 0 Å². The Kier molecular flexibility index (Phi) is 3.56. The van der Waals surface area contributed by atoms with Crippen LogP contribution in [0.3, 0.4) is 0 Å². The van der Waals surface area contributed by atoms with E-state index >= 15 is 0 Å². The molecule has 4 unspecified atom stereocenters. The van der Waals surface area contributed by atoms with E-state index in [1.54, 1.807) is 24.3 Å². The molecule has 5 heteroatoms. The molecular weight excluding hydrogens is 318 g/mol. The molecule has 3 aliphatic rings. The number of rotatable bonds is 2. The van der Waals surface area contributed by atoms with Crippen molar-refractivity contribution in [2.45, 2.75) is 26.7 Å². The molecule has 2 bridgehead atoms. The predicted molar refractivity (Wildman–Crippen MR) is 91.8 cm³/mol. The minimum atomic E-state index is -0.479. The molecule has 25 heavy (non-hydrogen) atoms. The summed E-state index contributed by atoms with van der Waals surface area (Å²) in [4.78, 5) is 39.2. The van der Waals surface area contributed by atoms with E-state index in [0.29, 0.717) is 11.3 Å². The summed E-state index contributed by atoms with van der Waals surface area (Å²) in [6.45, 7) is 4.16. The van der Waals surface area contributed by atoms with Crippen LogP contribution in [-0.2, 0) is 14.3 Å². The lowest BCUT2D eigenvalue weighted by atomic mass is 9.81. The molecule has 1 aromatic rings. The van der Waals surface area contributed by atoms with Crippen molar-refractivity contribution in [3.63, 3.8) is 0 Å². The predicted octanol–water partition coefficient (Wildman–Crippen LogP) is 2.96. The van der Waals surface area contributed by atoms with Gasteiger partial charge in [-0.05, 0) is 56.7 Å². The smallest absolute Gasteiger partial charge is 0.337 e. The third-order valence-electron chi connectivity index (χ3n) is 5.96. The Bertz CT molecular complexity index is 789. The van der Waals surface area contributed by atoms with Crippen LogP contribution >= 0.6 is 0 Å². The number of nitrogens with zero attached hydrogens (tertiary/aromatic N) is 1. The Morgan fingerprint density at radius 2 is 1.68 bits per heavy atom. The summed E-state index contributed by atoms with van der Waals surface area (Å²) < 4.78 is 4.73. The Balaban J connectivity index is 1.72. The Labute approximate surface area is 146 Å². The molecule has 1 aliphatic heterocycles. The van der Waals surface area contributed by atoms with E-state index in [1.807, 2.05) is 0 Å². The number of hydrogen-bond donors (Lipinski definition) is 0. The first-order valence-electron chi connectivity index (χ1n) is 8.69. The SMILES string of the molecule is COC(=O)c1cccc(N2C(=O)C3C4CCC(C4=C(C)C)C3C2=O)c1. The Morgan fingerprint density at radius 1 is 1.08 bits per heavy atom. The van der Waals surface area contributed by atoms with Crippen molar-refractivity contribution in [3.05, 3.63) is 41.0 Å². The lowest BCUT2D eigenvalue weighted by molar-refractivity contribution is -0.123. The highest BCUT2D eigenvalue weighted by Gasteiger charge is 2.63. The molecule has 4 atom stereocenters. The molecule has 5 nitrogen and oxygen atoms in total. The van der Waals surface area contributed by atoms with E-state index in [-0.39, 0.29) is 35.5 Å². The second kappa shape index (κ2) is 5.55. The van der Waals surface area contributed by atoms with Crippen LogP contribution in [0.1, 0.15) is 37.0 Å². The van der Waals surface area contributed by atoms with Crippen LogP contribution < -0.4 is 4.90 Å². The fourth-order valence-electron chi connectivity index (χ4n) is 5.14. The molecule has 2 aliphatic carbocycles. The maximum absolute atomic E-state index is 13.1. The largest absolute Gasteiger partial charge is 0.465 e. The lowest BCUT2D eigenvalue weighted by Crippen LogP contribution is -2.33. The van der Waals surface area contributed by atoms with Crippen LogP contribution in [-0.4, -0.2) is 24.9 Å². The first-order chi connectivity index (χ1) is 12.0. The van der Waals surface area contributed by atoms with Gasteiger partial charge < -0.3 is 4.74 Å². The number of methoxy groups -OCH3 is 1. The van der Waals surface area contributed by atoms with E-state index in [1.165, 1.54) is 23.2 Å². The van der Waals surface area contributed by atoms with Gasteiger partial charge in [0.05, 0.1) is 30.2 Å². The average Bonchev–Trinajstić information content (AvgIpc) is 3.24. The molecule has 2 saturated carbocycles. The van der Waals surface area contributed by atoms with Gasteiger partial charge in [-0.15, -0.1) is 0 Å². The summed E-state index contributed by atoms with van der Waals surface area (Å²) in [6, 6.07) is 6.55. The molecule has 1 saturated heterocycles. The normalized spacial score (nSPS) is 30.0. The molecule has 0 spiro atoms. The molecular formula is C20H21NO4. The number of amides is 2. The van der Waals surface area contributed by atoms with Gasteiger partial charge in [0.2, 0.25) is 11.8 Å². The van der Waals surface area contributed by atoms with Gasteiger partial charge in [-0.1, -0.05) is 17.2 Å². The summed E-state index contributed by atoms with van der Waals surface area (Å²) in [5, 5.41) is 0. The monoisotopic (exact) mass is 339 g/mol. The van der Waals surface area contributed by atoms with E-state index in [9.17, 15) is 14.4 Å². The molecule has 1 aromatic carbocycles. The summed E-state index contributed by atoms with van der Waals surface area (Å²) in [6.07, 6.45) is 1.98. The van der Waals surface area contributed by atoms with Crippen molar-refractivity contribution in [2.24, 2.45) is 23.7 Å². The lowest BCUT2D eigenvalue weighted by Gasteiger charge is -2.19. The van der Waals surface area contributed by atoms with Crippen LogP contribution in [0, 0.1) is 23.7 Å². The topological polar surface area (TPSA) is 63.7 Å². The maximum atomic E-state index is 13.1. The van der Waals surface area contributed by atoms with Crippen LogP contribution in [0.2, 0.25) is 0 Å². The number of benzene rings is 1. The quantitative estimate of drug-likeness (QED) is 0.472. The zero-order valence-corrected chi connectivity index (χ0v) is 14.6. The number of ether oxygens (including phenoxy) is 1. The summed E-state index contributed by atoms with van der Waals surface area (Å²) >= 11 is 0. The van der Waals surface area contributed by atoms with Crippen molar-refractivity contribution < 1.29 is 19.1 Å². The van der Waals surface area contributed by atoms with Crippen molar-refractivity contribution in [1.82, 2.24) is 0 Å². The first kappa shape index (κ1) is 16.1. The molecule has 1 heterocycles. The maximum Gasteiger partial charge on any atom is 0.337 e. The minimum Gasteiger partial charge on any atom is -0.465 e. The number of imide groups is 1. The van der Waals surface area contributed by atoms with Crippen molar-refractivity contribution in [2.75, 3.05) is 12.0 Å². The average molecular weight is 339 g/mol. The number of carbonyl (C=O) groups is 3. The number of allylic oxidation sites excluding steroid dienone is 2. The highest BCUT2D eigenvalue weighted by molar-refractivity contribution is 6.23. The Morgan fingerprint density at radius 3 is 2.20 bits per heavy atom. The highest BCUT2D eigenvalue weighted by Crippen LogP contribution is 2.60. The zero-order valence-electron chi connectivity index (χ0n) is 14.6. The van der Waals surface area contributed by atoms with Gasteiger partial charge >= 0.3 is 5.97 Å². The second-order valence-corrected chi connectivity index (χ2v) is 7.35. The van der Waals surface area contributed by atoms with Gasteiger partial charge in [0.1, 0.15) is 0 Å². The molecule has 3 fully saturated rings. The molecule has 0 N–H and O–H groups in total. The fraction of sp³-hybridized carbons (Fsp3) is 0.450. The van der Waals surface area contributed by atoms with E-state index < -0.39 is 5.97 Å². The fourth-order valence-corrected chi connectivity index (χ4v) is 5.14. The third kappa shape index (κ3) is 2.11. The molecule has 0 radical (unpaired) electrons. The van der Waals surface area contributed by atoms with E-state index in [2.05, 4.69) is 13.8 Å². The molecule has 0 aromatic heterocycles. The van der Waals surface area contributed by atoms with Crippen molar-refractivity contribution in [1.29, 1.82) is 0 Å². The van der Waals surface area contributed by atoms with Crippen LogP contribution in [0.5, 0.6) is 0 Å². The number of anilines is 1. The number of esters is 1.